The molecule has 0 saturated carbocycles. The number of carbonyl (C=O) groups is 1. The second-order valence-electron chi connectivity index (χ2n) is 5.14. The first-order chi connectivity index (χ1) is 8.49. The number of aromatic hydroxyl groups is 1. The molecule has 1 aromatic carbocycles. The maximum atomic E-state index is 12.5. The Morgan fingerprint density at radius 3 is 2.89 bits per heavy atom. The Kier molecular flexibility index (Phi) is 3.57. The van der Waals surface area contributed by atoms with Gasteiger partial charge in [-0.25, -0.2) is 0 Å². The van der Waals surface area contributed by atoms with E-state index in [0.29, 0.717) is 12.1 Å². The molecule has 18 heavy (non-hydrogen) atoms. The summed E-state index contributed by atoms with van der Waals surface area (Å²) < 4.78 is 0. The van der Waals surface area contributed by atoms with Crippen molar-refractivity contribution < 1.29 is 9.90 Å². The molecule has 0 bridgehead atoms. The van der Waals surface area contributed by atoms with Crippen LogP contribution in [0.25, 0.3) is 0 Å². The van der Waals surface area contributed by atoms with Crippen LogP contribution in [0.3, 0.4) is 0 Å². The molecule has 2 rings (SSSR count). The van der Waals surface area contributed by atoms with E-state index in [9.17, 15) is 9.90 Å². The molecular weight excluding hydrogens is 228 g/mol. The van der Waals surface area contributed by atoms with Gasteiger partial charge >= 0.3 is 0 Å². The highest BCUT2D eigenvalue weighted by molar-refractivity contribution is 5.97. The van der Waals surface area contributed by atoms with Gasteiger partial charge in [0.25, 0.3) is 5.91 Å². The minimum Gasteiger partial charge on any atom is -0.507 e. The number of piperazine rings is 1. The number of nitrogens with one attached hydrogen (secondary N) is 1. The van der Waals surface area contributed by atoms with E-state index < -0.39 is 0 Å². The smallest absolute Gasteiger partial charge is 0.257 e. The van der Waals surface area contributed by atoms with Crippen molar-refractivity contribution in [3.05, 3.63) is 29.3 Å². The van der Waals surface area contributed by atoms with Gasteiger partial charge in [-0.1, -0.05) is 11.6 Å². The molecule has 4 heteroatoms. The van der Waals surface area contributed by atoms with Crippen LogP contribution in [-0.4, -0.2) is 41.1 Å². The summed E-state index contributed by atoms with van der Waals surface area (Å²) in [6.45, 7) is 7.46. The molecule has 2 atom stereocenters. The summed E-state index contributed by atoms with van der Waals surface area (Å²) in [5, 5.41) is 13.2. The van der Waals surface area contributed by atoms with E-state index in [0.717, 1.165) is 12.1 Å². The van der Waals surface area contributed by atoms with Crippen LogP contribution in [0.15, 0.2) is 18.2 Å². The van der Waals surface area contributed by atoms with Gasteiger partial charge in [0.1, 0.15) is 5.75 Å². The third kappa shape index (κ3) is 2.48. The fraction of sp³-hybridized carbons (Fsp3) is 0.500. The summed E-state index contributed by atoms with van der Waals surface area (Å²) in [5.41, 5.74) is 1.38. The van der Waals surface area contributed by atoms with Crippen molar-refractivity contribution in [3.63, 3.8) is 0 Å². The molecular formula is C14H20N2O2. The van der Waals surface area contributed by atoms with E-state index in [1.54, 1.807) is 18.2 Å². The summed E-state index contributed by atoms with van der Waals surface area (Å²) in [6.07, 6.45) is 0. The lowest BCUT2D eigenvalue weighted by Gasteiger charge is -2.37. The highest BCUT2D eigenvalue weighted by atomic mass is 16.3. The summed E-state index contributed by atoms with van der Waals surface area (Å²) in [7, 11) is 0. The van der Waals surface area contributed by atoms with Crippen LogP contribution in [0.2, 0.25) is 0 Å². The van der Waals surface area contributed by atoms with Gasteiger partial charge in [-0.15, -0.1) is 0 Å². The maximum Gasteiger partial charge on any atom is 0.257 e. The minimum atomic E-state index is -0.0861. The summed E-state index contributed by atoms with van der Waals surface area (Å²) >= 11 is 0. The largest absolute Gasteiger partial charge is 0.507 e. The van der Waals surface area contributed by atoms with Crippen molar-refractivity contribution in [1.29, 1.82) is 0 Å². The Labute approximate surface area is 108 Å². The minimum absolute atomic E-state index is 0.0592. The zero-order valence-electron chi connectivity index (χ0n) is 11.1. The van der Waals surface area contributed by atoms with Crippen LogP contribution in [0.5, 0.6) is 5.75 Å². The van der Waals surface area contributed by atoms with Crippen molar-refractivity contribution in [2.45, 2.75) is 32.9 Å². The fourth-order valence-corrected chi connectivity index (χ4v) is 2.28. The second kappa shape index (κ2) is 4.98. The van der Waals surface area contributed by atoms with Gasteiger partial charge in [-0.05, 0) is 32.9 Å². The van der Waals surface area contributed by atoms with Crippen molar-refractivity contribution >= 4 is 5.91 Å². The van der Waals surface area contributed by atoms with Crippen molar-refractivity contribution in [1.82, 2.24) is 10.2 Å². The summed E-state index contributed by atoms with van der Waals surface area (Å²) in [5.74, 6) is -0.0268. The molecule has 4 nitrogen and oxygen atoms in total. The molecule has 1 amide bonds. The predicted molar refractivity (Wildman–Crippen MR) is 70.8 cm³/mol. The third-order valence-corrected chi connectivity index (χ3v) is 3.41. The summed E-state index contributed by atoms with van der Waals surface area (Å²) in [4.78, 5) is 14.3. The van der Waals surface area contributed by atoms with Crippen molar-refractivity contribution in [2.75, 3.05) is 13.1 Å². The number of phenolic OH excluding ortho intramolecular Hbond substituents is 1. The Balaban J connectivity index is 2.27. The van der Waals surface area contributed by atoms with Crippen LogP contribution < -0.4 is 5.32 Å². The molecule has 0 radical (unpaired) electrons. The average molecular weight is 248 g/mol. The van der Waals surface area contributed by atoms with E-state index in [4.69, 9.17) is 0 Å². The van der Waals surface area contributed by atoms with Crippen molar-refractivity contribution in [2.24, 2.45) is 0 Å². The van der Waals surface area contributed by atoms with Gasteiger partial charge in [-0.2, -0.15) is 0 Å². The average Bonchev–Trinajstić information content (AvgIpc) is 2.34. The van der Waals surface area contributed by atoms with E-state index in [-0.39, 0.29) is 23.7 Å². The van der Waals surface area contributed by atoms with Crippen LogP contribution >= 0.6 is 0 Å². The maximum absolute atomic E-state index is 12.5. The molecule has 98 valence electrons. The van der Waals surface area contributed by atoms with Crippen LogP contribution in [0.1, 0.15) is 29.8 Å². The normalized spacial score (nSPS) is 24.1. The number of phenols is 1. The standard InChI is InChI=1S/C14H20N2O2/c1-9-4-5-13(17)12(6-9)14(18)16-8-10(2)15-7-11(16)3/h4-6,10-11,15,17H,7-8H2,1-3H3. The van der Waals surface area contributed by atoms with E-state index in [2.05, 4.69) is 12.2 Å². The van der Waals surface area contributed by atoms with Gasteiger partial charge in [0.15, 0.2) is 0 Å². The Morgan fingerprint density at radius 1 is 1.44 bits per heavy atom. The molecule has 1 aliphatic heterocycles. The van der Waals surface area contributed by atoms with Crippen LogP contribution in [-0.2, 0) is 0 Å². The lowest BCUT2D eigenvalue weighted by atomic mass is 10.1. The monoisotopic (exact) mass is 248 g/mol. The predicted octanol–water partition coefficient (Wildman–Crippen LogP) is 1.52. The number of aryl methyl sites for hydroxylation is 1. The number of nitrogens with zero attached hydrogens (tertiary/aromatic N) is 1. The van der Waals surface area contributed by atoms with E-state index in [1.807, 2.05) is 18.7 Å². The number of carbonyl (C=O) groups excluding carboxylic acids is 1. The van der Waals surface area contributed by atoms with Gasteiger partial charge < -0.3 is 15.3 Å². The first-order valence-corrected chi connectivity index (χ1v) is 6.33. The lowest BCUT2D eigenvalue weighted by molar-refractivity contribution is 0.0613. The Morgan fingerprint density at radius 2 is 2.17 bits per heavy atom. The Hall–Kier alpha value is -1.55. The van der Waals surface area contributed by atoms with Gasteiger partial charge in [-0.3, -0.25) is 4.79 Å². The molecule has 2 N–H and O–H groups in total. The van der Waals surface area contributed by atoms with Gasteiger partial charge in [0.05, 0.1) is 5.56 Å². The SMILES string of the molecule is Cc1ccc(O)c(C(=O)N2CC(C)NCC2C)c1. The highest BCUT2D eigenvalue weighted by Crippen LogP contribution is 2.22. The van der Waals surface area contributed by atoms with Crippen LogP contribution in [0, 0.1) is 6.92 Å². The molecule has 1 fully saturated rings. The molecule has 0 spiro atoms. The number of hydrogen-bond acceptors (Lipinski definition) is 3. The first kappa shape index (κ1) is 12.9. The first-order valence-electron chi connectivity index (χ1n) is 6.33. The van der Waals surface area contributed by atoms with Crippen LogP contribution in [0.4, 0.5) is 0 Å². The van der Waals surface area contributed by atoms with E-state index in [1.165, 1.54) is 0 Å². The number of hydrogen-bond donors (Lipinski definition) is 2. The zero-order valence-corrected chi connectivity index (χ0v) is 11.1. The number of benzene rings is 1. The Bertz CT molecular complexity index is 459. The topological polar surface area (TPSA) is 52.6 Å². The molecule has 2 unspecified atom stereocenters. The second-order valence-corrected chi connectivity index (χ2v) is 5.14. The molecule has 0 aromatic heterocycles. The zero-order chi connectivity index (χ0) is 13.3. The fourth-order valence-electron chi connectivity index (χ4n) is 2.28. The quantitative estimate of drug-likeness (QED) is 0.792. The molecule has 1 heterocycles. The number of amides is 1. The summed E-state index contributed by atoms with van der Waals surface area (Å²) in [6, 6.07) is 5.57. The van der Waals surface area contributed by atoms with Gasteiger partial charge in [0, 0.05) is 25.2 Å². The molecule has 0 aliphatic carbocycles. The van der Waals surface area contributed by atoms with Gasteiger partial charge in [0.2, 0.25) is 0 Å². The molecule has 1 aliphatic rings. The third-order valence-electron chi connectivity index (χ3n) is 3.41. The highest BCUT2D eigenvalue weighted by Gasteiger charge is 2.28. The lowest BCUT2D eigenvalue weighted by Crippen LogP contribution is -2.56. The molecule has 1 saturated heterocycles. The van der Waals surface area contributed by atoms with Crippen molar-refractivity contribution in [3.8, 4) is 5.75 Å². The van der Waals surface area contributed by atoms with E-state index >= 15 is 0 Å². The molecule has 1 aromatic rings. The number of rotatable bonds is 1.